The van der Waals surface area contributed by atoms with E-state index in [-0.39, 0.29) is 5.78 Å². The molecule has 1 aromatic carbocycles. The third kappa shape index (κ3) is 2.99. The number of rotatable bonds is 6. The van der Waals surface area contributed by atoms with Crippen molar-refractivity contribution in [2.24, 2.45) is 0 Å². The highest BCUT2D eigenvalue weighted by atomic mass is 16.5. The van der Waals surface area contributed by atoms with Crippen LogP contribution < -0.4 is 4.74 Å². The summed E-state index contributed by atoms with van der Waals surface area (Å²) in [7, 11) is 1.62. The maximum Gasteiger partial charge on any atom is 0.228 e. The van der Waals surface area contributed by atoms with E-state index in [1.807, 2.05) is 0 Å². The Hall–Kier alpha value is -2.07. The van der Waals surface area contributed by atoms with Crippen LogP contribution in [0.1, 0.15) is 16.1 Å². The summed E-state index contributed by atoms with van der Waals surface area (Å²) in [4.78, 5) is 11.9. The van der Waals surface area contributed by atoms with Crippen LogP contribution >= 0.6 is 0 Å². The normalized spacial score (nSPS) is 10.3. The van der Waals surface area contributed by atoms with Gasteiger partial charge in [-0.25, -0.2) is 0 Å². The van der Waals surface area contributed by atoms with Crippen molar-refractivity contribution in [2.45, 2.75) is 0 Å². The van der Waals surface area contributed by atoms with E-state index in [9.17, 15) is 4.79 Å². The standard InChI is InChI=1S/C14H14O4/c1-16-9-10-17-12-6-4-11(5-7-12)14(15)13-3-2-8-18-13/h2-8H,9-10H2,1H3. The molecule has 0 saturated carbocycles. The van der Waals surface area contributed by atoms with E-state index in [0.29, 0.717) is 30.3 Å². The lowest BCUT2D eigenvalue weighted by atomic mass is 10.1. The molecule has 0 saturated heterocycles. The Morgan fingerprint density at radius 2 is 1.94 bits per heavy atom. The van der Waals surface area contributed by atoms with E-state index in [4.69, 9.17) is 13.9 Å². The molecular formula is C14H14O4. The first-order valence-corrected chi connectivity index (χ1v) is 5.61. The van der Waals surface area contributed by atoms with Crippen molar-refractivity contribution in [3.63, 3.8) is 0 Å². The quantitative estimate of drug-likeness (QED) is 0.580. The smallest absolute Gasteiger partial charge is 0.228 e. The Labute approximate surface area is 105 Å². The highest BCUT2D eigenvalue weighted by Crippen LogP contribution is 2.15. The SMILES string of the molecule is COCCOc1ccc(C(=O)c2ccco2)cc1. The Balaban J connectivity index is 2.01. The van der Waals surface area contributed by atoms with Gasteiger partial charge in [0.2, 0.25) is 5.78 Å². The number of hydrogen-bond donors (Lipinski definition) is 0. The van der Waals surface area contributed by atoms with Crippen LogP contribution in [-0.4, -0.2) is 26.1 Å². The fourth-order valence-electron chi connectivity index (χ4n) is 1.50. The van der Waals surface area contributed by atoms with Crippen LogP contribution in [0.5, 0.6) is 5.75 Å². The monoisotopic (exact) mass is 246 g/mol. The van der Waals surface area contributed by atoms with Gasteiger partial charge in [0.15, 0.2) is 5.76 Å². The number of ketones is 1. The van der Waals surface area contributed by atoms with Crippen molar-refractivity contribution in [2.75, 3.05) is 20.3 Å². The second-order valence-electron chi connectivity index (χ2n) is 3.67. The molecule has 0 aliphatic carbocycles. The van der Waals surface area contributed by atoms with Gasteiger partial charge in [-0.1, -0.05) is 0 Å². The Morgan fingerprint density at radius 1 is 1.17 bits per heavy atom. The number of furan rings is 1. The maximum atomic E-state index is 11.9. The van der Waals surface area contributed by atoms with Crippen LogP contribution in [-0.2, 0) is 4.74 Å². The summed E-state index contributed by atoms with van der Waals surface area (Å²) in [5.74, 6) is 0.912. The number of hydrogen-bond acceptors (Lipinski definition) is 4. The third-order valence-corrected chi connectivity index (χ3v) is 2.42. The summed E-state index contributed by atoms with van der Waals surface area (Å²) in [6, 6.07) is 10.3. The van der Waals surface area contributed by atoms with Gasteiger partial charge >= 0.3 is 0 Å². The second-order valence-corrected chi connectivity index (χ2v) is 3.67. The Kier molecular flexibility index (Phi) is 4.15. The molecule has 0 radical (unpaired) electrons. The summed E-state index contributed by atoms with van der Waals surface area (Å²) in [5.41, 5.74) is 0.573. The number of benzene rings is 1. The molecule has 0 aliphatic rings. The molecule has 18 heavy (non-hydrogen) atoms. The molecule has 2 aromatic rings. The number of methoxy groups -OCH3 is 1. The third-order valence-electron chi connectivity index (χ3n) is 2.42. The first-order valence-electron chi connectivity index (χ1n) is 5.61. The van der Waals surface area contributed by atoms with Crippen LogP contribution in [0.25, 0.3) is 0 Å². The summed E-state index contributed by atoms with van der Waals surface area (Å²) >= 11 is 0. The van der Waals surface area contributed by atoms with Crippen LogP contribution in [0.4, 0.5) is 0 Å². The summed E-state index contributed by atoms with van der Waals surface area (Å²) in [5, 5.41) is 0. The van der Waals surface area contributed by atoms with E-state index >= 15 is 0 Å². The molecular weight excluding hydrogens is 232 g/mol. The van der Waals surface area contributed by atoms with Gasteiger partial charge in [0.1, 0.15) is 12.4 Å². The topological polar surface area (TPSA) is 48.7 Å². The zero-order valence-corrected chi connectivity index (χ0v) is 10.1. The molecule has 0 spiro atoms. The van der Waals surface area contributed by atoms with Gasteiger partial charge in [0.05, 0.1) is 12.9 Å². The molecule has 0 fully saturated rings. The average molecular weight is 246 g/mol. The Morgan fingerprint density at radius 3 is 2.56 bits per heavy atom. The minimum absolute atomic E-state index is 0.136. The van der Waals surface area contributed by atoms with Crippen molar-refractivity contribution in [1.82, 2.24) is 0 Å². The van der Waals surface area contributed by atoms with Crippen molar-refractivity contribution < 1.29 is 18.7 Å². The van der Waals surface area contributed by atoms with Crippen molar-refractivity contribution >= 4 is 5.78 Å². The molecule has 0 aliphatic heterocycles. The van der Waals surface area contributed by atoms with E-state index in [0.717, 1.165) is 0 Å². The van der Waals surface area contributed by atoms with Crippen LogP contribution in [0.2, 0.25) is 0 Å². The van der Waals surface area contributed by atoms with Crippen molar-refractivity contribution in [3.05, 3.63) is 54.0 Å². The lowest BCUT2D eigenvalue weighted by molar-refractivity contribution is 0.101. The molecule has 0 amide bonds. The van der Waals surface area contributed by atoms with Gasteiger partial charge in [0.25, 0.3) is 0 Å². The predicted octanol–water partition coefficient (Wildman–Crippen LogP) is 2.54. The first kappa shape index (κ1) is 12.4. The summed E-state index contributed by atoms with van der Waals surface area (Å²) < 4.78 is 15.4. The number of ether oxygens (including phenoxy) is 2. The highest BCUT2D eigenvalue weighted by Gasteiger charge is 2.11. The lowest BCUT2D eigenvalue weighted by Crippen LogP contribution is -2.04. The molecule has 0 atom stereocenters. The largest absolute Gasteiger partial charge is 0.491 e. The van der Waals surface area contributed by atoms with Crippen LogP contribution in [0.15, 0.2) is 47.1 Å². The van der Waals surface area contributed by atoms with E-state index < -0.39 is 0 Å². The van der Waals surface area contributed by atoms with Gasteiger partial charge in [-0.2, -0.15) is 0 Å². The van der Waals surface area contributed by atoms with Crippen molar-refractivity contribution in [3.8, 4) is 5.75 Å². The number of carbonyl (C=O) groups is 1. The molecule has 0 unspecified atom stereocenters. The zero-order valence-electron chi connectivity index (χ0n) is 10.1. The van der Waals surface area contributed by atoms with Gasteiger partial charge in [-0.15, -0.1) is 0 Å². The van der Waals surface area contributed by atoms with Gasteiger partial charge in [-0.3, -0.25) is 4.79 Å². The molecule has 0 bridgehead atoms. The van der Waals surface area contributed by atoms with E-state index in [1.54, 1.807) is 43.5 Å². The van der Waals surface area contributed by atoms with Gasteiger partial charge < -0.3 is 13.9 Å². The number of carbonyl (C=O) groups excluding carboxylic acids is 1. The molecule has 94 valence electrons. The molecule has 0 N–H and O–H groups in total. The molecule has 2 rings (SSSR count). The minimum Gasteiger partial charge on any atom is -0.491 e. The highest BCUT2D eigenvalue weighted by molar-refractivity contribution is 6.07. The van der Waals surface area contributed by atoms with Crippen LogP contribution in [0, 0.1) is 0 Å². The zero-order chi connectivity index (χ0) is 12.8. The fraction of sp³-hybridized carbons (Fsp3) is 0.214. The average Bonchev–Trinajstić information content (AvgIpc) is 2.93. The lowest BCUT2D eigenvalue weighted by Gasteiger charge is -2.05. The van der Waals surface area contributed by atoms with Gasteiger partial charge in [-0.05, 0) is 36.4 Å². The molecule has 4 nitrogen and oxygen atoms in total. The predicted molar refractivity (Wildman–Crippen MR) is 66.0 cm³/mol. The van der Waals surface area contributed by atoms with E-state index in [1.165, 1.54) is 6.26 Å². The summed E-state index contributed by atoms with van der Waals surface area (Å²) in [6.07, 6.45) is 1.48. The minimum atomic E-state index is -0.136. The fourth-order valence-corrected chi connectivity index (χ4v) is 1.50. The second kappa shape index (κ2) is 6.02. The van der Waals surface area contributed by atoms with Crippen molar-refractivity contribution in [1.29, 1.82) is 0 Å². The molecule has 1 aromatic heterocycles. The summed E-state index contributed by atoms with van der Waals surface area (Å²) in [6.45, 7) is 1.02. The van der Waals surface area contributed by atoms with Crippen LogP contribution in [0.3, 0.4) is 0 Å². The van der Waals surface area contributed by atoms with E-state index in [2.05, 4.69) is 0 Å². The molecule has 1 heterocycles. The van der Waals surface area contributed by atoms with Gasteiger partial charge in [0, 0.05) is 12.7 Å². The maximum absolute atomic E-state index is 11.9. The molecule has 4 heteroatoms. The Bertz CT molecular complexity index is 485. The first-order chi connectivity index (χ1) is 8.81.